The number of ketones is 1. The van der Waals surface area contributed by atoms with Crippen LogP contribution in [0, 0.1) is 28.6 Å². The number of carbonyl (C=O) groups is 1. The molecule has 3 nitrogen and oxygen atoms in total. The highest BCUT2D eigenvalue weighted by Gasteiger charge is 2.58. The molecule has 0 saturated heterocycles. The highest BCUT2D eigenvalue weighted by Crippen LogP contribution is 2.63. The van der Waals surface area contributed by atoms with Gasteiger partial charge in [-0.3, -0.25) is 4.79 Å². The Balaban J connectivity index is 1.72. The highest BCUT2D eigenvalue weighted by atomic mass is 16.3. The van der Waals surface area contributed by atoms with E-state index in [1.807, 2.05) is 6.92 Å². The SMILES string of the molecule is CC1=C(N)C[C@H]2[C@@H]3CC=C4C[C@@H](O)CC[C@]4(C)[C@H]3CC[C@]2(C)C1=O. The number of Topliss-reactive ketones (excluding diaryl/α,β-unsaturated/α-hetero) is 1. The van der Waals surface area contributed by atoms with Crippen molar-refractivity contribution in [3.05, 3.63) is 22.9 Å². The van der Waals surface area contributed by atoms with E-state index in [0.717, 1.165) is 56.2 Å². The second kappa shape index (κ2) is 5.20. The Labute approximate surface area is 145 Å². The number of nitrogens with two attached hydrogens (primary N) is 1. The zero-order valence-electron chi connectivity index (χ0n) is 15.3. The smallest absolute Gasteiger partial charge is 0.166 e. The monoisotopic (exact) mass is 329 g/mol. The Morgan fingerprint density at radius 2 is 1.83 bits per heavy atom. The van der Waals surface area contributed by atoms with Crippen molar-refractivity contribution in [2.24, 2.45) is 34.3 Å². The van der Waals surface area contributed by atoms with Gasteiger partial charge in [-0.05, 0) is 75.0 Å². The second-order valence-corrected chi connectivity index (χ2v) is 9.30. The molecule has 0 aromatic rings. The molecule has 2 fully saturated rings. The molecular formula is C21H31NO2. The maximum Gasteiger partial charge on any atom is 0.166 e. The van der Waals surface area contributed by atoms with Crippen molar-refractivity contribution < 1.29 is 9.90 Å². The van der Waals surface area contributed by atoms with Crippen LogP contribution in [0.2, 0.25) is 0 Å². The predicted molar refractivity (Wildman–Crippen MR) is 95.0 cm³/mol. The number of aliphatic hydroxyl groups is 1. The number of hydrogen-bond acceptors (Lipinski definition) is 3. The molecule has 4 rings (SSSR count). The summed E-state index contributed by atoms with van der Waals surface area (Å²) in [5, 5.41) is 10.1. The minimum atomic E-state index is -0.218. The van der Waals surface area contributed by atoms with Gasteiger partial charge < -0.3 is 10.8 Å². The largest absolute Gasteiger partial charge is 0.402 e. The summed E-state index contributed by atoms with van der Waals surface area (Å²) < 4.78 is 0. The molecule has 0 radical (unpaired) electrons. The maximum absolute atomic E-state index is 13.0. The maximum atomic E-state index is 13.0. The Kier molecular flexibility index (Phi) is 3.55. The second-order valence-electron chi connectivity index (χ2n) is 9.30. The van der Waals surface area contributed by atoms with Crippen molar-refractivity contribution >= 4 is 5.78 Å². The van der Waals surface area contributed by atoms with Gasteiger partial charge in [-0.15, -0.1) is 0 Å². The van der Waals surface area contributed by atoms with E-state index in [-0.39, 0.29) is 16.9 Å². The lowest BCUT2D eigenvalue weighted by atomic mass is 9.45. The van der Waals surface area contributed by atoms with Crippen molar-refractivity contribution in [3.63, 3.8) is 0 Å². The lowest BCUT2D eigenvalue weighted by Crippen LogP contribution is -2.54. The van der Waals surface area contributed by atoms with Gasteiger partial charge in [0, 0.05) is 16.7 Å². The van der Waals surface area contributed by atoms with Crippen LogP contribution < -0.4 is 5.73 Å². The quantitative estimate of drug-likeness (QED) is 0.666. The molecule has 0 spiro atoms. The first kappa shape index (κ1) is 16.4. The van der Waals surface area contributed by atoms with Crippen LogP contribution in [0.25, 0.3) is 0 Å². The lowest BCUT2D eigenvalue weighted by molar-refractivity contribution is -0.137. The summed E-state index contributed by atoms with van der Waals surface area (Å²) in [5.41, 5.74) is 9.36. The average molecular weight is 329 g/mol. The van der Waals surface area contributed by atoms with Gasteiger partial charge in [0.1, 0.15) is 0 Å². The van der Waals surface area contributed by atoms with Gasteiger partial charge in [-0.1, -0.05) is 25.5 Å². The lowest BCUT2D eigenvalue weighted by Gasteiger charge is -2.59. The van der Waals surface area contributed by atoms with Crippen molar-refractivity contribution in [3.8, 4) is 0 Å². The molecule has 6 atom stereocenters. The van der Waals surface area contributed by atoms with E-state index in [1.165, 1.54) is 5.57 Å². The van der Waals surface area contributed by atoms with Crippen LogP contribution in [0.5, 0.6) is 0 Å². The van der Waals surface area contributed by atoms with E-state index in [1.54, 1.807) is 0 Å². The zero-order valence-corrected chi connectivity index (χ0v) is 15.3. The fourth-order valence-electron chi connectivity index (χ4n) is 6.58. The molecule has 0 heterocycles. The van der Waals surface area contributed by atoms with Crippen LogP contribution in [-0.4, -0.2) is 17.0 Å². The normalized spacial score (nSPS) is 48.3. The third-order valence-corrected chi connectivity index (χ3v) is 8.25. The van der Waals surface area contributed by atoms with Gasteiger partial charge in [-0.2, -0.15) is 0 Å². The Morgan fingerprint density at radius 1 is 1.12 bits per heavy atom. The van der Waals surface area contributed by atoms with Crippen LogP contribution in [0.1, 0.15) is 65.7 Å². The molecule has 4 aliphatic rings. The first-order chi connectivity index (χ1) is 11.3. The van der Waals surface area contributed by atoms with Crippen LogP contribution in [0.3, 0.4) is 0 Å². The van der Waals surface area contributed by atoms with E-state index >= 15 is 0 Å². The molecule has 0 unspecified atom stereocenters. The summed E-state index contributed by atoms with van der Waals surface area (Å²) >= 11 is 0. The zero-order chi connectivity index (χ0) is 17.3. The molecule has 3 N–H and O–H groups in total. The molecule has 0 bridgehead atoms. The summed E-state index contributed by atoms with van der Waals surface area (Å²) in [6.45, 7) is 6.52. The van der Waals surface area contributed by atoms with Crippen molar-refractivity contribution in [2.75, 3.05) is 0 Å². The molecule has 0 aliphatic heterocycles. The molecule has 2 saturated carbocycles. The summed E-state index contributed by atoms with van der Waals surface area (Å²) in [7, 11) is 0. The first-order valence-corrected chi connectivity index (χ1v) is 9.65. The molecule has 0 aromatic heterocycles. The van der Waals surface area contributed by atoms with Gasteiger partial charge >= 0.3 is 0 Å². The van der Waals surface area contributed by atoms with E-state index in [9.17, 15) is 9.90 Å². The number of rotatable bonds is 0. The molecule has 4 aliphatic carbocycles. The Bertz CT molecular complexity index is 648. The number of allylic oxidation sites excluding steroid dienone is 3. The number of carbonyl (C=O) groups excluding carboxylic acids is 1. The molecule has 132 valence electrons. The average Bonchev–Trinajstić information content (AvgIpc) is 2.55. The van der Waals surface area contributed by atoms with Crippen LogP contribution in [0.15, 0.2) is 22.9 Å². The van der Waals surface area contributed by atoms with Crippen LogP contribution in [0.4, 0.5) is 0 Å². The summed E-state index contributed by atoms with van der Waals surface area (Å²) in [6.07, 6.45) is 9.17. The van der Waals surface area contributed by atoms with E-state index in [0.29, 0.717) is 23.5 Å². The standard InChI is InChI=1S/C21H31NO2/c1-12-18(22)11-17-15-5-4-13-10-14(23)6-8-20(13,2)16(15)7-9-21(17,3)19(12)24/h4,14-17,23H,5-11,22H2,1-3H3/t14-,15+,16-,17-,20-,21-/m0/s1. The highest BCUT2D eigenvalue weighted by molar-refractivity contribution is 6.01. The molecule has 0 amide bonds. The van der Waals surface area contributed by atoms with E-state index in [2.05, 4.69) is 19.9 Å². The molecule has 3 heteroatoms. The fraction of sp³-hybridized carbons (Fsp3) is 0.762. The van der Waals surface area contributed by atoms with Crippen molar-refractivity contribution in [1.82, 2.24) is 0 Å². The van der Waals surface area contributed by atoms with Crippen LogP contribution >= 0.6 is 0 Å². The van der Waals surface area contributed by atoms with Crippen molar-refractivity contribution in [1.29, 1.82) is 0 Å². The fourth-order valence-corrected chi connectivity index (χ4v) is 6.58. The summed E-state index contributed by atoms with van der Waals surface area (Å²) in [5.74, 6) is 1.88. The summed E-state index contributed by atoms with van der Waals surface area (Å²) in [4.78, 5) is 13.0. The first-order valence-electron chi connectivity index (χ1n) is 9.65. The Hall–Kier alpha value is -1.09. The topological polar surface area (TPSA) is 63.3 Å². The molecule has 24 heavy (non-hydrogen) atoms. The number of aliphatic hydroxyl groups excluding tert-OH is 1. The summed E-state index contributed by atoms with van der Waals surface area (Å²) in [6, 6.07) is 0. The van der Waals surface area contributed by atoms with Gasteiger partial charge in [0.05, 0.1) is 6.10 Å². The van der Waals surface area contributed by atoms with Gasteiger partial charge in [0.2, 0.25) is 0 Å². The van der Waals surface area contributed by atoms with Gasteiger partial charge in [0.15, 0.2) is 5.78 Å². The predicted octanol–water partition coefficient (Wildman–Crippen LogP) is 3.72. The van der Waals surface area contributed by atoms with Gasteiger partial charge in [0.25, 0.3) is 0 Å². The van der Waals surface area contributed by atoms with Gasteiger partial charge in [-0.25, -0.2) is 0 Å². The van der Waals surface area contributed by atoms with E-state index in [4.69, 9.17) is 5.73 Å². The third-order valence-electron chi connectivity index (χ3n) is 8.25. The minimum absolute atomic E-state index is 0.160. The van der Waals surface area contributed by atoms with E-state index < -0.39 is 0 Å². The number of hydrogen-bond donors (Lipinski definition) is 2. The van der Waals surface area contributed by atoms with Crippen LogP contribution in [-0.2, 0) is 4.79 Å². The Morgan fingerprint density at radius 3 is 2.58 bits per heavy atom. The molecule has 0 aromatic carbocycles. The minimum Gasteiger partial charge on any atom is -0.402 e. The number of fused-ring (bicyclic) bond motifs is 5. The molecular weight excluding hydrogens is 298 g/mol. The third kappa shape index (κ3) is 2.03. The van der Waals surface area contributed by atoms with Crippen molar-refractivity contribution in [2.45, 2.75) is 71.8 Å².